The highest BCUT2D eigenvalue weighted by atomic mass is 15.3. The predicted octanol–water partition coefficient (Wildman–Crippen LogP) is 1.29. The molecule has 0 atom stereocenters. The third-order valence-electron chi connectivity index (χ3n) is 3.85. The van der Waals surface area contributed by atoms with Crippen LogP contribution in [0.3, 0.4) is 0 Å². The van der Waals surface area contributed by atoms with Crippen molar-refractivity contribution in [2.24, 2.45) is 5.84 Å². The molecule has 100 valence electrons. The number of nitrogen functional groups attached to an aromatic ring is 1. The number of hydrogen-bond acceptors (Lipinski definition) is 5. The van der Waals surface area contributed by atoms with E-state index < -0.39 is 0 Å². The monoisotopic (exact) mass is 249 g/mol. The van der Waals surface area contributed by atoms with E-state index in [9.17, 15) is 0 Å². The summed E-state index contributed by atoms with van der Waals surface area (Å²) in [5.41, 5.74) is 3.77. The van der Waals surface area contributed by atoms with Crippen molar-refractivity contribution in [3.05, 3.63) is 18.3 Å². The van der Waals surface area contributed by atoms with Gasteiger partial charge < -0.3 is 15.2 Å². The molecule has 3 N–H and O–H groups in total. The SMILES string of the molecule is CCN1CCC(N(C)c2ccnc(NN)c2)CC1. The van der Waals surface area contributed by atoms with Crippen LogP contribution >= 0.6 is 0 Å². The molecule has 2 rings (SSSR count). The molecule has 0 bridgehead atoms. The molecule has 1 aliphatic heterocycles. The quantitative estimate of drug-likeness (QED) is 0.622. The lowest BCUT2D eigenvalue weighted by molar-refractivity contribution is 0.221. The van der Waals surface area contributed by atoms with Crippen molar-refractivity contribution < 1.29 is 0 Å². The molecule has 1 aromatic rings. The minimum absolute atomic E-state index is 0.612. The maximum atomic E-state index is 5.40. The van der Waals surface area contributed by atoms with Crippen molar-refractivity contribution in [1.82, 2.24) is 9.88 Å². The number of nitrogens with two attached hydrogens (primary N) is 1. The molecule has 0 unspecified atom stereocenters. The molecule has 0 radical (unpaired) electrons. The van der Waals surface area contributed by atoms with Gasteiger partial charge in [0, 0.05) is 44.1 Å². The highest BCUT2D eigenvalue weighted by Crippen LogP contribution is 2.23. The Hall–Kier alpha value is -1.33. The fourth-order valence-corrected chi connectivity index (χ4v) is 2.55. The van der Waals surface area contributed by atoms with E-state index in [0.717, 1.165) is 6.54 Å². The number of rotatable bonds is 4. The van der Waals surface area contributed by atoms with Crippen molar-refractivity contribution in [2.45, 2.75) is 25.8 Å². The van der Waals surface area contributed by atoms with E-state index in [2.05, 4.69) is 34.2 Å². The maximum Gasteiger partial charge on any atom is 0.141 e. The van der Waals surface area contributed by atoms with Crippen molar-refractivity contribution in [3.8, 4) is 0 Å². The Balaban J connectivity index is 2.00. The molecule has 1 aromatic heterocycles. The van der Waals surface area contributed by atoms with E-state index >= 15 is 0 Å². The number of hydrogen-bond donors (Lipinski definition) is 2. The average Bonchev–Trinajstić information content (AvgIpc) is 2.46. The molecule has 1 aliphatic rings. The highest BCUT2D eigenvalue weighted by Gasteiger charge is 2.21. The van der Waals surface area contributed by atoms with E-state index in [-0.39, 0.29) is 0 Å². The van der Waals surface area contributed by atoms with Crippen LogP contribution in [-0.4, -0.2) is 42.6 Å². The molecule has 0 aliphatic carbocycles. The maximum absolute atomic E-state index is 5.40. The van der Waals surface area contributed by atoms with E-state index in [1.54, 1.807) is 6.20 Å². The molecule has 1 saturated heterocycles. The number of pyridine rings is 1. The van der Waals surface area contributed by atoms with Crippen LogP contribution in [-0.2, 0) is 0 Å². The van der Waals surface area contributed by atoms with Crippen LogP contribution in [0.25, 0.3) is 0 Å². The molecular weight excluding hydrogens is 226 g/mol. The van der Waals surface area contributed by atoms with Crippen molar-refractivity contribution in [3.63, 3.8) is 0 Å². The van der Waals surface area contributed by atoms with E-state index in [1.807, 2.05) is 12.1 Å². The molecule has 5 heteroatoms. The summed E-state index contributed by atoms with van der Waals surface area (Å²) in [5.74, 6) is 6.11. The predicted molar refractivity (Wildman–Crippen MR) is 75.6 cm³/mol. The second-order valence-corrected chi connectivity index (χ2v) is 4.82. The van der Waals surface area contributed by atoms with Crippen LogP contribution in [0.2, 0.25) is 0 Å². The van der Waals surface area contributed by atoms with Gasteiger partial charge in [0.25, 0.3) is 0 Å². The van der Waals surface area contributed by atoms with Crippen LogP contribution in [0, 0.1) is 0 Å². The first kappa shape index (κ1) is 13.1. The lowest BCUT2D eigenvalue weighted by Crippen LogP contribution is -2.43. The molecule has 1 fully saturated rings. The molecule has 0 amide bonds. The Labute approximate surface area is 109 Å². The fraction of sp³-hybridized carbons (Fsp3) is 0.615. The van der Waals surface area contributed by atoms with E-state index in [4.69, 9.17) is 5.84 Å². The molecule has 18 heavy (non-hydrogen) atoms. The summed E-state index contributed by atoms with van der Waals surface area (Å²) in [7, 11) is 2.15. The first-order chi connectivity index (χ1) is 8.74. The van der Waals surface area contributed by atoms with Gasteiger partial charge in [0.05, 0.1) is 0 Å². The molecule has 5 nitrogen and oxygen atoms in total. The number of piperidine rings is 1. The largest absolute Gasteiger partial charge is 0.371 e. The number of aromatic nitrogens is 1. The van der Waals surface area contributed by atoms with Gasteiger partial charge in [-0.1, -0.05) is 6.92 Å². The van der Waals surface area contributed by atoms with Gasteiger partial charge in [-0.25, -0.2) is 10.8 Å². The first-order valence-electron chi connectivity index (χ1n) is 6.62. The standard InChI is InChI=1S/C13H23N5/c1-3-18-8-5-11(6-9-18)17(2)12-4-7-15-13(10-12)16-14/h4,7,10-11H,3,5-6,8-9,14H2,1-2H3,(H,15,16). The zero-order valence-corrected chi connectivity index (χ0v) is 11.3. The van der Waals surface area contributed by atoms with Crippen molar-refractivity contribution in [2.75, 3.05) is 37.0 Å². The lowest BCUT2D eigenvalue weighted by atomic mass is 10.0. The summed E-state index contributed by atoms with van der Waals surface area (Å²) in [4.78, 5) is 8.99. The van der Waals surface area contributed by atoms with Gasteiger partial charge in [0.2, 0.25) is 0 Å². The van der Waals surface area contributed by atoms with Gasteiger partial charge in [-0.3, -0.25) is 0 Å². The van der Waals surface area contributed by atoms with Crippen LogP contribution < -0.4 is 16.2 Å². The van der Waals surface area contributed by atoms with Gasteiger partial charge in [-0.2, -0.15) is 0 Å². The number of nitrogens with zero attached hydrogens (tertiary/aromatic N) is 3. The Bertz CT molecular complexity index is 373. The Kier molecular flexibility index (Phi) is 4.38. The van der Waals surface area contributed by atoms with Crippen molar-refractivity contribution in [1.29, 1.82) is 0 Å². The summed E-state index contributed by atoms with van der Waals surface area (Å²) < 4.78 is 0. The topological polar surface area (TPSA) is 57.4 Å². The Morgan fingerprint density at radius 2 is 2.22 bits per heavy atom. The van der Waals surface area contributed by atoms with Gasteiger partial charge in [0.1, 0.15) is 5.82 Å². The summed E-state index contributed by atoms with van der Waals surface area (Å²) >= 11 is 0. The highest BCUT2D eigenvalue weighted by molar-refractivity contribution is 5.53. The van der Waals surface area contributed by atoms with Gasteiger partial charge in [-0.15, -0.1) is 0 Å². The summed E-state index contributed by atoms with van der Waals surface area (Å²) in [6, 6.07) is 4.64. The lowest BCUT2D eigenvalue weighted by Gasteiger charge is -2.37. The average molecular weight is 249 g/mol. The number of hydrazine groups is 1. The number of anilines is 2. The summed E-state index contributed by atoms with van der Waals surface area (Å²) in [6.07, 6.45) is 4.23. The van der Waals surface area contributed by atoms with E-state index in [0.29, 0.717) is 11.9 Å². The third-order valence-corrected chi connectivity index (χ3v) is 3.85. The first-order valence-corrected chi connectivity index (χ1v) is 6.62. The zero-order chi connectivity index (χ0) is 13.0. The van der Waals surface area contributed by atoms with Crippen LogP contribution in [0.5, 0.6) is 0 Å². The Morgan fingerprint density at radius 3 is 2.83 bits per heavy atom. The van der Waals surface area contributed by atoms with Gasteiger partial charge in [-0.05, 0) is 25.5 Å². The molecule has 2 heterocycles. The van der Waals surface area contributed by atoms with Crippen molar-refractivity contribution >= 4 is 11.5 Å². The molecule has 0 spiro atoms. The molecule has 0 saturated carbocycles. The van der Waals surface area contributed by atoms with Crippen LogP contribution in [0.1, 0.15) is 19.8 Å². The summed E-state index contributed by atoms with van der Waals surface area (Å²) in [6.45, 7) is 5.77. The molecular formula is C13H23N5. The second kappa shape index (κ2) is 6.02. The van der Waals surface area contributed by atoms with Gasteiger partial charge >= 0.3 is 0 Å². The van der Waals surface area contributed by atoms with Gasteiger partial charge in [0.15, 0.2) is 0 Å². The Morgan fingerprint density at radius 1 is 1.50 bits per heavy atom. The minimum atomic E-state index is 0.612. The second-order valence-electron chi connectivity index (χ2n) is 4.82. The normalized spacial score (nSPS) is 17.7. The molecule has 0 aromatic carbocycles. The smallest absolute Gasteiger partial charge is 0.141 e. The van der Waals surface area contributed by atoms with Crippen LogP contribution in [0.15, 0.2) is 18.3 Å². The van der Waals surface area contributed by atoms with Crippen LogP contribution in [0.4, 0.5) is 11.5 Å². The third kappa shape index (κ3) is 2.91. The number of likely N-dealkylation sites (tertiary alicyclic amines) is 1. The van der Waals surface area contributed by atoms with E-state index in [1.165, 1.54) is 31.6 Å². The minimum Gasteiger partial charge on any atom is -0.371 e. The fourth-order valence-electron chi connectivity index (χ4n) is 2.55. The zero-order valence-electron chi connectivity index (χ0n) is 11.3. The number of nitrogens with one attached hydrogen (secondary N) is 1. The summed E-state index contributed by atoms with van der Waals surface area (Å²) in [5, 5.41) is 0.